The fourth-order valence-corrected chi connectivity index (χ4v) is 8.21. The van der Waals surface area contributed by atoms with Gasteiger partial charge < -0.3 is 14.4 Å². The van der Waals surface area contributed by atoms with E-state index in [2.05, 4.69) is 117 Å². The van der Waals surface area contributed by atoms with E-state index in [4.69, 9.17) is 4.42 Å². The predicted octanol–water partition coefficient (Wildman–Crippen LogP) is 11.2. The SMILES string of the molecule is CC(C)(C)c1ccc2c(c1)sc1c(-c3ccccn3)[c-]ccc12.C[Si](C)(C)c1ccc2c(c1)oc1c(-c3ccccn3)[c-]ccc12.[Ir]. The summed E-state index contributed by atoms with van der Waals surface area (Å²) < 4.78 is 8.83. The Morgan fingerprint density at radius 3 is 1.96 bits per heavy atom. The van der Waals surface area contributed by atoms with E-state index in [-0.39, 0.29) is 25.5 Å². The van der Waals surface area contributed by atoms with E-state index in [1.165, 1.54) is 30.9 Å². The van der Waals surface area contributed by atoms with Gasteiger partial charge in [0.1, 0.15) is 5.58 Å². The number of thiophene rings is 1. The van der Waals surface area contributed by atoms with Crippen LogP contribution in [0, 0.1) is 12.1 Å². The molecule has 237 valence electrons. The molecule has 0 bridgehead atoms. The number of furan rings is 1. The molecule has 4 aromatic carbocycles. The fourth-order valence-electron chi connectivity index (χ4n) is 5.82. The molecule has 0 unspecified atom stereocenters. The van der Waals surface area contributed by atoms with Gasteiger partial charge in [-0.3, -0.25) is 0 Å². The molecule has 0 fully saturated rings. The summed E-state index contributed by atoms with van der Waals surface area (Å²) in [5.41, 5.74) is 7.27. The molecule has 0 aliphatic heterocycles. The van der Waals surface area contributed by atoms with Gasteiger partial charge in [0.05, 0.1) is 13.7 Å². The molecule has 0 atom stereocenters. The van der Waals surface area contributed by atoms with Gasteiger partial charge in [-0.1, -0.05) is 110 Å². The Kier molecular flexibility index (Phi) is 9.08. The van der Waals surface area contributed by atoms with Gasteiger partial charge in [-0.05, 0) is 56.7 Å². The van der Waals surface area contributed by atoms with Crippen LogP contribution in [0.2, 0.25) is 19.6 Å². The smallest absolute Gasteiger partial charge is 0.120 e. The summed E-state index contributed by atoms with van der Waals surface area (Å²) in [6, 6.07) is 40.3. The average molecular weight is 825 g/mol. The number of rotatable bonds is 3. The predicted molar refractivity (Wildman–Crippen MR) is 199 cm³/mol. The van der Waals surface area contributed by atoms with Crippen LogP contribution >= 0.6 is 11.3 Å². The Morgan fingerprint density at radius 1 is 0.681 bits per heavy atom. The molecule has 0 spiro atoms. The largest absolute Gasteiger partial charge is 0.501 e. The second-order valence-corrected chi connectivity index (χ2v) is 19.9. The van der Waals surface area contributed by atoms with Crippen molar-refractivity contribution in [2.45, 2.75) is 45.8 Å². The maximum atomic E-state index is 6.22. The van der Waals surface area contributed by atoms with Crippen LogP contribution in [0.3, 0.4) is 0 Å². The molecule has 1 radical (unpaired) electrons. The molecule has 8 rings (SSSR count). The van der Waals surface area contributed by atoms with E-state index in [1.807, 2.05) is 60.0 Å². The van der Waals surface area contributed by atoms with Crippen molar-refractivity contribution in [2.24, 2.45) is 0 Å². The Balaban J connectivity index is 0.000000161. The molecule has 0 saturated carbocycles. The fraction of sp³-hybridized carbons (Fsp3) is 0.171. The van der Waals surface area contributed by atoms with E-state index < -0.39 is 8.07 Å². The van der Waals surface area contributed by atoms with Crippen LogP contribution in [0.4, 0.5) is 0 Å². The zero-order valence-corrected chi connectivity index (χ0v) is 31.6. The number of nitrogens with zero attached hydrogens (tertiary/aromatic N) is 2. The first-order chi connectivity index (χ1) is 22.1. The maximum Gasteiger partial charge on any atom is 0.120 e. The van der Waals surface area contributed by atoms with Crippen molar-refractivity contribution < 1.29 is 24.5 Å². The summed E-state index contributed by atoms with van der Waals surface area (Å²) in [6.07, 6.45) is 3.64. The molecular weight excluding hydrogens is 789 g/mol. The normalized spacial score (nSPS) is 11.9. The first kappa shape index (κ1) is 33.0. The molecule has 8 aromatic rings. The Labute approximate surface area is 295 Å². The zero-order valence-electron chi connectivity index (χ0n) is 27.4. The van der Waals surface area contributed by atoms with Crippen molar-refractivity contribution in [2.75, 3.05) is 0 Å². The molecule has 0 N–H and O–H groups in total. The third kappa shape index (κ3) is 6.48. The summed E-state index contributed by atoms with van der Waals surface area (Å²) in [5.74, 6) is 0. The standard InChI is InChI=1S/C21H18NS.C20H18NOSi.Ir/c1-21(2,3)14-10-11-15-16-7-6-8-17(18-9-4-5-12-22-18)20(16)23-19(15)13-14;1-23(2,3)14-10-11-15-16-7-6-8-17(18-9-4-5-12-21-18)20(16)22-19(15)13-14;/h2*4-7,9-13H,1-3H3;/q2*-1;. The maximum absolute atomic E-state index is 6.22. The molecule has 0 aliphatic rings. The molecule has 6 heteroatoms. The Hall–Kier alpha value is -3.93. The molecule has 4 aromatic heterocycles. The molecule has 47 heavy (non-hydrogen) atoms. The molecular formula is C41H36IrN2OSSi-2. The van der Waals surface area contributed by atoms with Crippen LogP contribution in [0.5, 0.6) is 0 Å². The van der Waals surface area contributed by atoms with Crippen LogP contribution in [-0.2, 0) is 25.5 Å². The quantitative estimate of drug-likeness (QED) is 0.132. The minimum absolute atomic E-state index is 0. The van der Waals surface area contributed by atoms with Crippen LogP contribution in [0.15, 0.2) is 114 Å². The van der Waals surface area contributed by atoms with E-state index in [1.54, 1.807) is 6.20 Å². The number of benzene rings is 4. The minimum Gasteiger partial charge on any atom is -0.501 e. The first-order valence-corrected chi connectivity index (χ1v) is 20.0. The number of hydrogen-bond acceptors (Lipinski definition) is 4. The van der Waals surface area contributed by atoms with E-state index >= 15 is 0 Å². The van der Waals surface area contributed by atoms with E-state index in [0.29, 0.717) is 0 Å². The van der Waals surface area contributed by atoms with Crippen molar-refractivity contribution in [3.8, 4) is 22.5 Å². The van der Waals surface area contributed by atoms with Gasteiger partial charge in [-0.15, -0.1) is 42.0 Å². The van der Waals surface area contributed by atoms with Gasteiger partial charge in [0, 0.05) is 42.6 Å². The first-order valence-electron chi connectivity index (χ1n) is 15.7. The van der Waals surface area contributed by atoms with Crippen molar-refractivity contribution in [3.63, 3.8) is 0 Å². The monoisotopic (exact) mass is 825 g/mol. The number of pyridine rings is 2. The summed E-state index contributed by atoms with van der Waals surface area (Å²) in [4.78, 5) is 8.94. The van der Waals surface area contributed by atoms with Crippen molar-refractivity contribution in [1.82, 2.24) is 9.97 Å². The third-order valence-corrected chi connectivity index (χ3v) is 11.7. The summed E-state index contributed by atoms with van der Waals surface area (Å²) in [6.45, 7) is 13.8. The van der Waals surface area contributed by atoms with Crippen molar-refractivity contribution >= 4 is 66.7 Å². The number of aromatic nitrogens is 2. The number of fused-ring (bicyclic) bond motifs is 6. The van der Waals surface area contributed by atoms with Crippen molar-refractivity contribution in [3.05, 3.63) is 127 Å². The zero-order chi connectivity index (χ0) is 32.1. The molecule has 0 saturated heterocycles. The number of hydrogen-bond donors (Lipinski definition) is 0. The average Bonchev–Trinajstić information content (AvgIpc) is 3.63. The van der Waals surface area contributed by atoms with Crippen LogP contribution in [0.1, 0.15) is 26.3 Å². The molecule has 4 heterocycles. The van der Waals surface area contributed by atoms with Gasteiger partial charge >= 0.3 is 0 Å². The molecule has 3 nitrogen and oxygen atoms in total. The molecule has 0 aliphatic carbocycles. The van der Waals surface area contributed by atoms with Crippen LogP contribution < -0.4 is 5.19 Å². The Bertz CT molecular complexity index is 2160. The van der Waals surface area contributed by atoms with Crippen molar-refractivity contribution in [1.29, 1.82) is 0 Å². The summed E-state index contributed by atoms with van der Waals surface area (Å²) in [5, 5.41) is 6.32. The van der Waals surface area contributed by atoms with Gasteiger partial charge in [0.2, 0.25) is 0 Å². The van der Waals surface area contributed by atoms with Crippen LogP contribution in [0.25, 0.3) is 64.6 Å². The summed E-state index contributed by atoms with van der Waals surface area (Å²) in [7, 11) is -1.36. The topological polar surface area (TPSA) is 38.9 Å². The minimum atomic E-state index is -1.36. The molecule has 0 amide bonds. The van der Waals surface area contributed by atoms with Crippen LogP contribution in [-0.4, -0.2) is 18.0 Å². The third-order valence-electron chi connectivity index (χ3n) is 8.44. The van der Waals surface area contributed by atoms with Gasteiger partial charge in [-0.2, -0.15) is 11.3 Å². The van der Waals surface area contributed by atoms with E-state index in [9.17, 15) is 0 Å². The Morgan fingerprint density at radius 2 is 1.32 bits per heavy atom. The second-order valence-electron chi connectivity index (χ2n) is 13.7. The van der Waals surface area contributed by atoms with Gasteiger partial charge in [0.15, 0.2) is 0 Å². The summed E-state index contributed by atoms with van der Waals surface area (Å²) >= 11 is 1.84. The second kappa shape index (κ2) is 12.9. The van der Waals surface area contributed by atoms with E-state index in [0.717, 1.165) is 44.5 Å². The van der Waals surface area contributed by atoms with Gasteiger partial charge in [0.25, 0.3) is 0 Å². The van der Waals surface area contributed by atoms with Gasteiger partial charge in [-0.25, -0.2) is 0 Å².